The van der Waals surface area contributed by atoms with Gasteiger partial charge in [-0.25, -0.2) is 17.9 Å². The maximum absolute atomic E-state index is 12.3. The second-order valence-electron chi connectivity index (χ2n) is 4.95. The van der Waals surface area contributed by atoms with Crippen molar-refractivity contribution < 1.29 is 13.2 Å². The van der Waals surface area contributed by atoms with E-state index in [1.54, 1.807) is 33.2 Å². The highest BCUT2D eigenvalue weighted by Crippen LogP contribution is 2.24. The first-order chi connectivity index (χ1) is 9.66. The Bertz CT molecular complexity index is 627. The van der Waals surface area contributed by atoms with Crippen LogP contribution in [0.4, 0.5) is 10.5 Å². The van der Waals surface area contributed by atoms with Crippen LogP contribution in [0.25, 0.3) is 0 Å². The molecular weight excluding hydrogens is 292 g/mol. The Morgan fingerprint density at radius 2 is 1.86 bits per heavy atom. The van der Waals surface area contributed by atoms with Gasteiger partial charge in [0.1, 0.15) is 4.90 Å². The van der Waals surface area contributed by atoms with Gasteiger partial charge >= 0.3 is 6.03 Å². The van der Waals surface area contributed by atoms with E-state index in [0.717, 1.165) is 5.56 Å². The van der Waals surface area contributed by atoms with Crippen molar-refractivity contribution in [1.82, 2.24) is 14.9 Å². The lowest BCUT2D eigenvalue weighted by Crippen LogP contribution is -2.39. The van der Waals surface area contributed by atoms with Gasteiger partial charge in [-0.2, -0.15) is 0 Å². The van der Waals surface area contributed by atoms with Gasteiger partial charge in [-0.15, -0.1) is 0 Å². The van der Waals surface area contributed by atoms with E-state index in [4.69, 9.17) is 5.73 Å². The molecule has 4 N–H and O–H groups in total. The zero-order chi connectivity index (χ0) is 16.2. The number of nitrogens with one attached hydrogen (secondary N) is 2. The molecule has 0 spiro atoms. The Hall–Kier alpha value is -1.80. The number of sulfonamides is 1. The van der Waals surface area contributed by atoms with Crippen LogP contribution in [0.5, 0.6) is 0 Å². The fraction of sp³-hybridized carbons (Fsp3) is 0.462. The predicted molar refractivity (Wildman–Crippen MR) is 82.6 cm³/mol. The number of urea groups is 1. The summed E-state index contributed by atoms with van der Waals surface area (Å²) in [5.74, 6) is 0. The van der Waals surface area contributed by atoms with Gasteiger partial charge in [0.15, 0.2) is 0 Å². The molecule has 0 unspecified atom stereocenters. The molecule has 0 bridgehead atoms. The number of nitrogen functional groups attached to an aromatic ring is 1. The highest BCUT2D eigenvalue weighted by molar-refractivity contribution is 7.89. The van der Waals surface area contributed by atoms with Crippen LogP contribution >= 0.6 is 0 Å². The van der Waals surface area contributed by atoms with Crippen molar-refractivity contribution in [3.8, 4) is 0 Å². The number of amides is 2. The molecule has 0 aliphatic carbocycles. The number of nitrogens with zero attached hydrogens (tertiary/aromatic N) is 1. The zero-order valence-corrected chi connectivity index (χ0v) is 13.5. The Morgan fingerprint density at radius 1 is 1.24 bits per heavy atom. The number of aryl methyl sites for hydroxylation is 1. The minimum Gasteiger partial charge on any atom is -0.398 e. The minimum atomic E-state index is -3.70. The average Bonchev–Trinajstić information content (AvgIpc) is 2.38. The molecule has 1 aromatic carbocycles. The summed E-state index contributed by atoms with van der Waals surface area (Å²) in [7, 11) is -0.487. The number of benzene rings is 1. The molecule has 0 atom stereocenters. The van der Waals surface area contributed by atoms with E-state index in [1.165, 1.54) is 4.90 Å². The van der Waals surface area contributed by atoms with Gasteiger partial charge in [0, 0.05) is 27.2 Å². The number of carbonyl (C=O) groups excluding carboxylic acids is 1. The molecular formula is C13H22N4O3S. The van der Waals surface area contributed by atoms with Gasteiger partial charge in [-0.3, -0.25) is 0 Å². The molecule has 118 valence electrons. The summed E-state index contributed by atoms with van der Waals surface area (Å²) in [5, 5.41) is 2.58. The van der Waals surface area contributed by atoms with Crippen molar-refractivity contribution in [3.63, 3.8) is 0 Å². The minimum absolute atomic E-state index is 0.0920. The molecule has 0 saturated carbocycles. The third-order valence-electron chi connectivity index (χ3n) is 3.08. The molecule has 0 fully saturated rings. The van der Waals surface area contributed by atoms with E-state index in [-0.39, 0.29) is 29.7 Å². The number of anilines is 1. The number of hydrogen-bond acceptors (Lipinski definition) is 4. The first kappa shape index (κ1) is 17.3. The SMILES string of the molecule is Cc1ccc(N)c(S(=O)(=O)NCCNC(=O)N(C)C)c1C. The summed E-state index contributed by atoms with van der Waals surface area (Å²) in [4.78, 5) is 12.8. The number of nitrogens with two attached hydrogens (primary N) is 1. The second kappa shape index (κ2) is 6.77. The molecule has 1 rings (SSSR count). The number of hydrogen-bond donors (Lipinski definition) is 3. The Labute approximate surface area is 125 Å². The molecule has 8 heteroatoms. The molecule has 0 aliphatic heterocycles. The molecule has 21 heavy (non-hydrogen) atoms. The maximum Gasteiger partial charge on any atom is 0.316 e. The van der Waals surface area contributed by atoms with Crippen LogP contribution in [-0.2, 0) is 10.0 Å². The number of carbonyl (C=O) groups is 1. The van der Waals surface area contributed by atoms with Gasteiger partial charge in [0.25, 0.3) is 0 Å². The third kappa shape index (κ3) is 4.33. The van der Waals surface area contributed by atoms with Crippen molar-refractivity contribution >= 4 is 21.7 Å². The topological polar surface area (TPSA) is 105 Å². The molecule has 0 saturated heterocycles. The average molecular weight is 314 g/mol. The van der Waals surface area contributed by atoms with Crippen molar-refractivity contribution in [2.24, 2.45) is 0 Å². The molecule has 0 aliphatic rings. The Balaban J connectivity index is 2.76. The second-order valence-corrected chi connectivity index (χ2v) is 6.65. The largest absolute Gasteiger partial charge is 0.398 e. The lowest BCUT2D eigenvalue weighted by molar-refractivity contribution is 0.217. The monoisotopic (exact) mass is 314 g/mol. The van der Waals surface area contributed by atoms with E-state index in [9.17, 15) is 13.2 Å². The molecule has 0 aromatic heterocycles. The van der Waals surface area contributed by atoms with Crippen molar-refractivity contribution in [1.29, 1.82) is 0 Å². The van der Waals surface area contributed by atoms with Gasteiger partial charge in [-0.05, 0) is 31.0 Å². The predicted octanol–water partition coefficient (Wildman–Crippen LogP) is 0.435. The summed E-state index contributed by atoms with van der Waals surface area (Å²) in [6.45, 7) is 3.83. The fourth-order valence-electron chi connectivity index (χ4n) is 1.75. The van der Waals surface area contributed by atoms with Gasteiger partial charge in [0.05, 0.1) is 5.69 Å². The van der Waals surface area contributed by atoms with Crippen LogP contribution in [0.2, 0.25) is 0 Å². The normalized spacial score (nSPS) is 11.2. The van der Waals surface area contributed by atoms with Crippen LogP contribution in [0.3, 0.4) is 0 Å². The Kier molecular flexibility index (Phi) is 5.56. The summed E-state index contributed by atoms with van der Waals surface area (Å²) in [5.41, 5.74) is 7.46. The summed E-state index contributed by atoms with van der Waals surface area (Å²) < 4.78 is 27.0. The van der Waals surface area contributed by atoms with Crippen molar-refractivity contribution in [2.75, 3.05) is 32.9 Å². The maximum atomic E-state index is 12.3. The van der Waals surface area contributed by atoms with Crippen LogP contribution in [0, 0.1) is 13.8 Å². The summed E-state index contributed by atoms with van der Waals surface area (Å²) >= 11 is 0. The van der Waals surface area contributed by atoms with Crippen LogP contribution in [0.15, 0.2) is 17.0 Å². The van der Waals surface area contributed by atoms with Gasteiger partial charge in [0.2, 0.25) is 10.0 Å². The lowest BCUT2D eigenvalue weighted by atomic mass is 10.1. The van der Waals surface area contributed by atoms with Crippen molar-refractivity contribution in [3.05, 3.63) is 23.3 Å². The number of rotatable bonds is 5. The molecule has 7 nitrogen and oxygen atoms in total. The van der Waals surface area contributed by atoms with E-state index in [2.05, 4.69) is 10.0 Å². The smallest absolute Gasteiger partial charge is 0.316 e. The lowest BCUT2D eigenvalue weighted by Gasteiger charge is -2.15. The quantitative estimate of drug-likeness (QED) is 0.541. The van der Waals surface area contributed by atoms with E-state index >= 15 is 0 Å². The third-order valence-corrected chi connectivity index (χ3v) is 4.74. The van der Waals surface area contributed by atoms with E-state index in [0.29, 0.717) is 5.56 Å². The van der Waals surface area contributed by atoms with E-state index < -0.39 is 10.0 Å². The first-order valence-corrected chi connectivity index (χ1v) is 7.95. The van der Waals surface area contributed by atoms with E-state index in [1.807, 2.05) is 6.92 Å². The molecule has 1 aromatic rings. The highest BCUT2D eigenvalue weighted by atomic mass is 32.2. The summed E-state index contributed by atoms with van der Waals surface area (Å²) in [6, 6.07) is 3.08. The van der Waals surface area contributed by atoms with Crippen molar-refractivity contribution in [2.45, 2.75) is 18.7 Å². The standard InChI is InChI=1S/C13H22N4O3S/c1-9-5-6-11(14)12(10(9)2)21(19,20)16-8-7-15-13(18)17(3)4/h5-6,16H,7-8,14H2,1-4H3,(H,15,18). The Morgan fingerprint density at radius 3 is 2.43 bits per heavy atom. The van der Waals surface area contributed by atoms with Gasteiger partial charge in [-0.1, -0.05) is 6.07 Å². The first-order valence-electron chi connectivity index (χ1n) is 6.47. The highest BCUT2D eigenvalue weighted by Gasteiger charge is 2.20. The zero-order valence-electron chi connectivity index (χ0n) is 12.7. The fourth-order valence-corrected chi connectivity index (χ4v) is 3.21. The van der Waals surface area contributed by atoms with Crippen LogP contribution in [0.1, 0.15) is 11.1 Å². The van der Waals surface area contributed by atoms with Crippen LogP contribution < -0.4 is 15.8 Å². The van der Waals surface area contributed by atoms with Gasteiger partial charge < -0.3 is 16.0 Å². The summed E-state index contributed by atoms with van der Waals surface area (Å²) in [6.07, 6.45) is 0. The molecule has 0 radical (unpaired) electrons. The van der Waals surface area contributed by atoms with Crippen LogP contribution in [-0.4, -0.2) is 46.5 Å². The molecule has 0 heterocycles. The molecule has 2 amide bonds.